The highest BCUT2D eigenvalue weighted by Crippen LogP contribution is 2.33. The Morgan fingerprint density at radius 2 is 0.792 bits per heavy atom. The third-order valence-corrected chi connectivity index (χ3v) is 14.2. The molecular formula is C68H59BNO2+. The summed E-state index contributed by atoms with van der Waals surface area (Å²) < 4.78 is 14.1. The van der Waals surface area contributed by atoms with Crippen LogP contribution in [0.15, 0.2) is 220 Å². The number of nitrogens with zero attached hydrogens (tertiary/aromatic N) is 1. The fourth-order valence-electron chi connectivity index (χ4n) is 10.7. The summed E-state index contributed by atoms with van der Waals surface area (Å²) in [4.78, 5) is 0. The average Bonchev–Trinajstić information content (AvgIpc) is 3.76. The summed E-state index contributed by atoms with van der Waals surface area (Å²) >= 11 is 0. The van der Waals surface area contributed by atoms with Crippen LogP contribution in [0, 0.1) is 41.5 Å². The van der Waals surface area contributed by atoms with Crippen LogP contribution in [-0.2, 0) is 0 Å². The van der Waals surface area contributed by atoms with E-state index in [0.717, 1.165) is 44.7 Å². The Kier molecular flexibility index (Phi) is 13.4. The lowest BCUT2D eigenvalue weighted by atomic mass is 9.33. The van der Waals surface area contributed by atoms with Crippen LogP contribution in [0.4, 0.5) is 0 Å². The molecule has 1 unspecified atom stereocenters. The maximum atomic E-state index is 6.10. The standard InChI is InChI=1S/C44H41B.C24H18NO2/c1-8-35-19-21-38(22-20-35)41-27-33(6)44(34(7)28-41)45(42-29(2)23-39(24-30(42)3)36-15-11-9-12-16-36)43-31(4)25-40(26-32(43)5)37-17-13-10-14-18-37;1-2-17-8-10-18(11-9-17)19-12-14-21(15-13-19)26-24-25-16-4-6-20-5-3-7-22(27-24)23(20)25/h8-28H,1H2,2-7H3;2-16,24H,1H2/q;+1. The number of ether oxygens (including phenoxy) is 2. The molecule has 1 aromatic heterocycles. The molecule has 0 spiro atoms. The first kappa shape index (κ1) is 47.2. The molecule has 72 heavy (non-hydrogen) atoms. The fourth-order valence-corrected chi connectivity index (χ4v) is 10.7. The lowest BCUT2D eigenvalue weighted by Crippen LogP contribution is -2.57. The van der Waals surface area contributed by atoms with Crippen LogP contribution in [0.5, 0.6) is 11.5 Å². The number of hydrogen-bond donors (Lipinski definition) is 0. The molecule has 0 aliphatic carbocycles. The molecule has 0 amide bonds. The van der Waals surface area contributed by atoms with Gasteiger partial charge in [0.1, 0.15) is 5.75 Å². The van der Waals surface area contributed by atoms with Gasteiger partial charge in [-0.05, 0) is 128 Å². The van der Waals surface area contributed by atoms with Crippen molar-refractivity contribution >= 4 is 46.2 Å². The van der Waals surface area contributed by atoms with Gasteiger partial charge in [-0.2, -0.15) is 0 Å². The van der Waals surface area contributed by atoms with E-state index in [1.165, 1.54) is 83.1 Å². The molecule has 350 valence electrons. The van der Waals surface area contributed by atoms with Crippen molar-refractivity contribution < 1.29 is 14.0 Å². The maximum absolute atomic E-state index is 6.10. The van der Waals surface area contributed by atoms with Gasteiger partial charge in [-0.25, -0.2) is 0 Å². The van der Waals surface area contributed by atoms with Gasteiger partial charge in [-0.3, -0.25) is 0 Å². The summed E-state index contributed by atoms with van der Waals surface area (Å²) in [5.74, 6) is 1.61. The van der Waals surface area contributed by atoms with Crippen LogP contribution in [-0.4, -0.2) is 6.71 Å². The predicted molar refractivity (Wildman–Crippen MR) is 305 cm³/mol. The Morgan fingerprint density at radius 3 is 1.21 bits per heavy atom. The molecule has 0 radical (unpaired) electrons. The number of benzene rings is 9. The second-order valence-corrected chi connectivity index (χ2v) is 19.1. The lowest BCUT2D eigenvalue weighted by Gasteiger charge is -2.28. The molecular weight excluding hydrogens is 874 g/mol. The topological polar surface area (TPSA) is 22.3 Å². The van der Waals surface area contributed by atoms with Crippen molar-refractivity contribution in [1.82, 2.24) is 0 Å². The second kappa shape index (κ2) is 20.5. The quantitative estimate of drug-likeness (QED) is 0.0952. The number of pyridine rings is 1. The van der Waals surface area contributed by atoms with Crippen LogP contribution in [0.25, 0.3) is 67.6 Å². The lowest BCUT2D eigenvalue weighted by molar-refractivity contribution is -0.754. The first-order valence-corrected chi connectivity index (χ1v) is 24.8. The van der Waals surface area contributed by atoms with Crippen molar-refractivity contribution in [2.45, 2.75) is 48.0 Å². The molecule has 1 aliphatic rings. The van der Waals surface area contributed by atoms with Gasteiger partial charge in [-0.15, -0.1) is 4.57 Å². The summed E-state index contributed by atoms with van der Waals surface area (Å²) in [7, 11) is 0. The Labute approximate surface area is 426 Å². The van der Waals surface area contributed by atoms with Crippen LogP contribution in [0.3, 0.4) is 0 Å². The summed E-state index contributed by atoms with van der Waals surface area (Å²) in [5.41, 5.74) is 25.3. The van der Waals surface area contributed by atoms with Crippen molar-refractivity contribution in [3.63, 3.8) is 0 Å². The van der Waals surface area contributed by atoms with Gasteiger partial charge in [-0.1, -0.05) is 239 Å². The molecule has 4 heteroatoms. The van der Waals surface area contributed by atoms with E-state index in [1.54, 1.807) is 0 Å². The predicted octanol–water partition coefficient (Wildman–Crippen LogP) is 15.1. The highest BCUT2D eigenvalue weighted by atomic mass is 16.7. The summed E-state index contributed by atoms with van der Waals surface area (Å²) in [6.45, 7) is 21.6. The first-order valence-electron chi connectivity index (χ1n) is 24.8. The van der Waals surface area contributed by atoms with E-state index in [4.69, 9.17) is 9.47 Å². The maximum Gasteiger partial charge on any atom is 0.468 e. The number of rotatable bonds is 11. The molecule has 0 fully saturated rings. The van der Waals surface area contributed by atoms with Crippen molar-refractivity contribution in [3.8, 4) is 56.0 Å². The zero-order valence-corrected chi connectivity index (χ0v) is 42.1. The van der Waals surface area contributed by atoms with Gasteiger partial charge in [0.05, 0.1) is 5.39 Å². The smallest absolute Gasteiger partial charge is 0.402 e. The molecule has 2 heterocycles. The molecule has 0 N–H and O–H groups in total. The Hall–Kier alpha value is -8.47. The Bertz CT molecular complexity index is 3430. The summed E-state index contributed by atoms with van der Waals surface area (Å²) in [6.07, 6.45) is 5.23. The van der Waals surface area contributed by atoms with E-state index in [0.29, 0.717) is 0 Å². The van der Waals surface area contributed by atoms with Crippen molar-refractivity contribution in [2.75, 3.05) is 0 Å². The Morgan fingerprint density at radius 1 is 0.417 bits per heavy atom. The molecule has 0 saturated carbocycles. The first-order chi connectivity index (χ1) is 35.1. The largest absolute Gasteiger partial charge is 0.468 e. The van der Waals surface area contributed by atoms with E-state index >= 15 is 0 Å². The monoisotopic (exact) mass is 932 g/mol. The van der Waals surface area contributed by atoms with Crippen LogP contribution in [0.1, 0.15) is 50.9 Å². The van der Waals surface area contributed by atoms with Gasteiger partial charge < -0.3 is 9.47 Å². The molecule has 0 saturated heterocycles. The van der Waals surface area contributed by atoms with E-state index in [9.17, 15) is 0 Å². The minimum Gasteiger partial charge on any atom is -0.402 e. The third-order valence-electron chi connectivity index (χ3n) is 14.2. The van der Waals surface area contributed by atoms with Gasteiger partial charge in [0, 0.05) is 6.07 Å². The van der Waals surface area contributed by atoms with Crippen LogP contribution in [0.2, 0.25) is 0 Å². The van der Waals surface area contributed by atoms with E-state index < -0.39 is 6.41 Å². The number of hydrogen-bond acceptors (Lipinski definition) is 2. The number of aromatic nitrogens is 1. The molecule has 11 rings (SSSR count). The van der Waals surface area contributed by atoms with E-state index in [1.807, 2.05) is 53.2 Å². The minimum absolute atomic E-state index is 0.108. The van der Waals surface area contributed by atoms with Gasteiger partial charge in [0.25, 0.3) is 5.52 Å². The Balaban J connectivity index is 0.000000187. The highest BCUT2D eigenvalue weighted by Gasteiger charge is 2.35. The minimum atomic E-state index is -0.496. The van der Waals surface area contributed by atoms with Crippen LogP contribution >= 0.6 is 0 Å². The zero-order chi connectivity index (χ0) is 49.9. The zero-order valence-electron chi connectivity index (χ0n) is 42.1. The molecule has 1 atom stereocenters. The second-order valence-electron chi connectivity index (χ2n) is 19.1. The van der Waals surface area contributed by atoms with Gasteiger partial charge in [0.2, 0.25) is 12.5 Å². The fraction of sp³-hybridized carbons (Fsp3) is 0.103. The van der Waals surface area contributed by atoms with Crippen molar-refractivity contribution in [2.24, 2.45) is 0 Å². The summed E-state index contributed by atoms with van der Waals surface area (Å²) in [6, 6.07) is 71.0. The molecule has 0 bridgehead atoms. The normalized spacial score (nSPS) is 12.4. The summed E-state index contributed by atoms with van der Waals surface area (Å²) in [5, 5.41) is 1.14. The SMILES string of the molecule is C=Cc1ccc(-c2cc(C)c(B(c3c(C)cc(-c4ccccc4)cc3C)c3c(C)cc(-c4ccccc4)cc3C)c(C)c2)cc1.C=Cc1ccc(-c2ccc(OC3Oc4cccc5ccc[n+]3c45)cc2)cc1. The molecule has 9 aromatic carbocycles. The molecule has 1 aliphatic heterocycles. The number of aryl methyl sites for hydroxylation is 6. The van der Waals surface area contributed by atoms with E-state index in [2.05, 4.69) is 225 Å². The molecule has 3 nitrogen and oxygen atoms in total. The third kappa shape index (κ3) is 9.57. The highest BCUT2D eigenvalue weighted by molar-refractivity contribution is 6.97. The average molecular weight is 933 g/mol. The van der Waals surface area contributed by atoms with Crippen LogP contribution < -0.4 is 30.4 Å². The molecule has 10 aromatic rings. The number of para-hydroxylation sites is 1. The van der Waals surface area contributed by atoms with Crippen molar-refractivity contribution in [1.29, 1.82) is 0 Å². The van der Waals surface area contributed by atoms with Gasteiger partial charge in [0.15, 0.2) is 6.20 Å². The van der Waals surface area contributed by atoms with Gasteiger partial charge >= 0.3 is 6.41 Å². The van der Waals surface area contributed by atoms with E-state index in [-0.39, 0.29) is 6.71 Å². The van der Waals surface area contributed by atoms with Crippen molar-refractivity contribution in [3.05, 3.63) is 264 Å².